The fourth-order valence-corrected chi connectivity index (χ4v) is 2.28. The van der Waals surface area contributed by atoms with Gasteiger partial charge in [-0.2, -0.15) is 0 Å². The van der Waals surface area contributed by atoms with Crippen molar-refractivity contribution in [1.29, 1.82) is 0 Å². The Balaban J connectivity index is 2.42. The highest BCUT2D eigenvalue weighted by Crippen LogP contribution is 2.34. The Labute approximate surface area is 80.0 Å². The van der Waals surface area contributed by atoms with E-state index < -0.39 is 0 Å². The van der Waals surface area contributed by atoms with Crippen LogP contribution in [-0.2, 0) is 6.54 Å². The predicted molar refractivity (Wildman–Crippen MR) is 53.7 cm³/mol. The first-order valence-corrected chi connectivity index (χ1v) is 5.13. The summed E-state index contributed by atoms with van der Waals surface area (Å²) in [5.74, 6) is 3.42. The van der Waals surface area contributed by atoms with Crippen LogP contribution < -0.4 is 0 Å². The summed E-state index contributed by atoms with van der Waals surface area (Å²) in [6.45, 7) is 10.2. The third-order valence-electron chi connectivity index (χ3n) is 3.51. The second-order valence-corrected chi connectivity index (χ2v) is 4.52. The maximum absolute atomic E-state index is 4.58. The zero-order valence-corrected chi connectivity index (χ0v) is 8.91. The van der Waals surface area contributed by atoms with Gasteiger partial charge in [-0.3, -0.25) is 0 Å². The van der Waals surface area contributed by atoms with Crippen molar-refractivity contribution < 1.29 is 0 Å². The molecule has 1 aromatic rings. The Bertz CT molecular complexity index is 314. The Morgan fingerprint density at radius 2 is 2.08 bits per heavy atom. The van der Waals surface area contributed by atoms with Gasteiger partial charge in [0.2, 0.25) is 0 Å². The number of nitrogens with zero attached hydrogens (tertiary/aromatic N) is 2. The first-order chi connectivity index (χ1) is 6.09. The van der Waals surface area contributed by atoms with E-state index in [0.29, 0.717) is 5.92 Å². The molecule has 72 valence electrons. The molecule has 2 rings (SSSR count). The summed E-state index contributed by atoms with van der Waals surface area (Å²) < 4.78 is 2.32. The molecule has 0 bridgehead atoms. The lowest BCUT2D eigenvalue weighted by molar-refractivity contribution is 0.250. The van der Waals surface area contributed by atoms with Crippen molar-refractivity contribution in [3.8, 4) is 0 Å². The maximum atomic E-state index is 4.58. The quantitative estimate of drug-likeness (QED) is 0.597. The lowest BCUT2D eigenvalue weighted by Gasteiger charge is -2.32. The molecule has 0 spiro atoms. The molecular formula is C11H18N2. The summed E-state index contributed by atoms with van der Waals surface area (Å²) in [6, 6.07) is 0. The van der Waals surface area contributed by atoms with Crippen LogP contribution in [0.1, 0.15) is 38.2 Å². The summed E-state index contributed by atoms with van der Waals surface area (Å²) in [6.07, 6.45) is 2.17. The SMILES string of the molecule is Cc1cn2c(n1)C(C)C(C)C(C)C2. The van der Waals surface area contributed by atoms with Crippen LogP contribution in [0.15, 0.2) is 6.20 Å². The molecule has 0 radical (unpaired) electrons. The fraction of sp³-hybridized carbons (Fsp3) is 0.727. The number of rotatable bonds is 0. The highest BCUT2D eigenvalue weighted by Gasteiger charge is 2.29. The van der Waals surface area contributed by atoms with Crippen LogP contribution in [0.3, 0.4) is 0 Å². The molecule has 1 aliphatic rings. The van der Waals surface area contributed by atoms with Gasteiger partial charge in [0.1, 0.15) is 5.82 Å². The highest BCUT2D eigenvalue weighted by molar-refractivity contribution is 5.10. The molecule has 0 saturated carbocycles. The normalized spacial score (nSPS) is 33.1. The molecule has 1 aromatic heterocycles. The van der Waals surface area contributed by atoms with Crippen LogP contribution in [0.25, 0.3) is 0 Å². The second-order valence-electron chi connectivity index (χ2n) is 4.52. The van der Waals surface area contributed by atoms with Crippen molar-refractivity contribution in [3.05, 3.63) is 17.7 Å². The van der Waals surface area contributed by atoms with Crippen LogP contribution in [0.5, 0.6) is 0 Å². The minimum atomic E-state index is 0.609. The lowest BCUT2D eigenvalue weighted by Crippen LogP contribution is -2.28. The average Bonchev–Trinajstić information content (AvgIpc) is 2.42. The first kappa shape index (κ1) is 8.79. The molecule has 0 amide bonds. The number of aromatic nitrogens is 2. The van der Waals surface area contributed by atoms with Crippen molar-refractivity contribution in [2.75, 3.05) is 0 Å². The van der Waals surface area contributed by atoms with E-state index in [1.54, 1.807) is 0 Å². The van der Waals surface area contributed by atoms with Crippen molar-refractivity contribution in [2.24, 2.45) is 11.8 Å². The summed E-state index contributed by atoms with van der Waals surface area (Å²) >= 11 is 0. The second kappa shape index (κ2) is 2.86. The summed E-state index contributed by atoms with van der Waals surface area (Å²) in [5.41, 5.74) is 1.16. The van der Waals surface area contributed by atoms with Crippen molar-refractivity contribution in [1.82, 2.24) is 9.55 Å². The van der Waals surface area contributed by atoms with Gasteiger partial charge in [0.25, 0.3) is 0 Å². The van der Waals surface area contributed by atoms with E-state index in [0.717, 1.165) is 24.1 Å². The molecule has 0 aromatic carbocycles. The average molecular weight is 178 g/mol. The summed E-state index contributed by atoms with van der Waals surface area (Å²) in [4.78, 5) is 4.58. The number of aryl methyl sites for hydroxylation is 1. The zero-order chi connectivity index (χ0) is 9.59. The van der Waals surface area contributed by atoms with E-state index in [-0.39, 0.29) is 0 Å². The van der Waals surface area contributed by atoms with Gasteiger partial charge in [-0.25, -0.2) is 4.98 Å². The van der Waals surface area contributed by atoms with Crippen LogP contribution >= 0.6 is 0 Å². The monoisotopic (exact) mass is 178 g/mol. The molecule has 0 fully saturated rings. The standard InChI is InChI=1S/C11H18N2/c1-7-5-13-6-8(2)12-11(13)10(4)9(7)3/h6-7,9-10H,5H2,1-4H3. The molecule has 2 nitrogen and oxygen atoms in total. The molecule has 1 aliphatic heterocycles. The molecular weight excluding hydrogens is 160 g/mol. The molecule has 0 aliphatic carbocycles. The van der Waals surface area contributed by atoms with Crippen LogP contribution in [-0.4, -0.2) is 9.55 Å². The molecule has 3 unspecified atom stereocenters. The minimum Gasteiger partial charge on any atom is -0.334 e. The Morgan fingerprint density at radius 3 is 2.77 bits per heavy atom. The van der Waals surface area contributed by atoms with E-state index in [2.05, 4.69) is 43.4 Å². The van der Waals surface area contributed by atoms with Crippen molar-refractivity contribution in [2.45, 2.75) is 40.2 Å². The number of fused-ring (bicyclic) bond motifs is 1. The van der Waals surface area contributed by atoms with Crippen molar-refractivity contribution in [3.63, 3.8) is 0 Å². The van der Waals surface area contributed by atoms with Crippen LogP contribution in [0.4, 0.5) is 0 Å². The van der Waals surface area contributed by atoms with Gasteiger partial charge in [-0.05, 0) is 18.8 Å². The third kappa shape index (κ3) is 1.28. The van der Waals surface area contributed by atoms with E-state index in [9.17, 15) is 0 Å². The lowest BCUT2D eigenvalue weighted by atomic mass is 9.82. The van der Waals surface area contributed by atoms with Crippen molar-refractivity contribution >= 4 is 0 Å². The Kier molecular flexibility index (Phi) is 1.94. The van der Waals surface area contributed by atoms with E-state index in [1.165, 1.54) is 5.82 Å². The molecule has 0 saturated heterocycles. The Morgan fingerprint density at radius 1 is 1.38 bits per heavy atom. The van der Waals surface area contributed by atoms with Crippen LogP contribution in [0.2, 0.25) is 0 Å². The Hall–Kier alpha value is -0.790. The minimum absolute atomic E-state index is 0.609. The number of hydrogen-bond acceptors (Lipinski definition) is 1. The topological polar surface area (TPSA) is 17.8 Å². The van der Waals surface area contributed by atoms with Gasteiger partial charge in [-0.15, -0.1) is 0 Å². The van der Waals surface area contributed by atoms with Gasteiger partial charge in [0.05, 0.1) is 5.69 Å². The van der Waals surface area contributed by atoms with Gasteiger partial charge in [0, 0.05) is 18.7 Å². The number of imidazole rings is 1. The van der Waals surface area contributed by atoms with Crippen LogP contribution in [0, 0.1) is 18.8 Å². The van der Waals surface area contributed by atoms with E-state index >= 15 is 0 Å². The summed E-state index contributed by atoms with van der Waals surface area (Å²) in [7, 11) is 0. The number of hydrogen-bond donors (Lipinski definition) is 0. The molecule has 13 heavy (non-hydrogen) atoms. The van der Waals surface area contributed by atoms with Gasteiger partial charge in [0.15, 0.2) is 0 Å². The molecule has 2 heterocycles. The molecule has 3 atom stereocenters. The zero-order valence-electron chi connectivity index (χ0n) is 8.91. The van der Waals surface area contributed by atoms with Gasteiger partial charge >= 0.3 is 0 Å². The van der Waals surface area contributed by atoms with E-state index in [4.69, 9.17) is 0 Å². The summed E-state index contributed by atoms with van der Waals surface area (Å²) in [5, 5.41) is 0. The predicted octanol–water partition coefficient (Wildman–Crippen LogP) is 2.58. The third-order valence-corrected chi connectivity index (χ3v) is 3.51. The van der Waals surface area contributed by atoms with Gasteiger partial charge < -0.3 is 4.57 Å². The first-order valence-electron chi connectivity index (χ1n) is 5.13. The van der Waals surface area contributed by atoms with E-state index in [1.807, 2.05) is 0 Å². The fourth-order valence-electron chi connectivity index (χ4n) is 2.28. The largest absolute Gasteiger partial charge is 0.334 e. The van der Waals surface area contributed by atoms with Gasteiger partial charge in [-0.1, -0.05) is 20.8 Å². The maximum Gasteiger partial charge on any atom is 0.112 e. The highest BCUT2D eigenvalue weighted by atomic mass is 15.1. The molecule has 0 N–H and O–H groups in total. The molecule has 2 heteroatoms. The smallest absolute Gasteiger partial charge is 0.112 e.